The molecule has 0 spiro atoms. The lowest BCUT2D eigenvalue weighted by molar-refractivity contribution is 0.108. The molecule has 0 atom stereocenters. The molecule has 0 aliphatic heterocycles. The summed E-state index contributed by atoms with van der Waals surface area (Å²) in [5.74, 6) is 2.56. The van der Waals surface area contributed by atoms with Gasteiger partial charge < -0.3 is 15.4 Å². The highest BCUT2D eigenvalue weighted by Gasteiger charge is 2.53. The fourth-order valence-corrected chi connectivity index (χ4v) is 2.77. The predicted molar refractivity (Wildman–Crippen MR) is 99.4 cm³/mol. The molecule has 0 aromatic heterocycles. The third kappa shape index (κ3) is 6.72. The highest BCUT2D eigenvalue weighted by atomic mass is 127. The second kappa shape index (κ2) is 9.18. The van der Waals surface area contributed by atoms with E-state index in [1.54, 1.807) is 0 Å². The lowest BCUT2D eigenvalue weighted by atomic mass is 10.0. The van der Waals surface area contributed by atoms with Crippen molar-refractivity contribution in [3.8, 4) is 0 Å². The molecule has 0 heterocycles. The Morgan fingerprint density at radius 1 is 1.29 bits per heavy atom. The van der Waals surface area contributed by atoms with Crippen LogP contribution in [0, 0.1) is 17.3 Å². The van der Waals surface area contributed by atoms with Crippen LogP contribution >= 0.6 is 24.0 Å². The van der Waals surface area contributed by atoms with Crippen molar-refractivity contribution in [1.29, 1.82) is 0 Å². The molecule has 2 fully saturated rings. The fourth-order valence-electron chi connectivity index (χ4n) is 2.77. The molecule has 2 N–H and O–H groups in total. The molecule has 124 valence electrons. The monoisotopic (exact) mass is 409 g/mol. The number of nitrogens with one attached hydrogen (secondary N) is 2. The van der Waals surface area contributed by atoms with Crippen molar-refractivity contribution in [3.63, 3.8) is 0 Å². The van der Waals surface area contributed by atoms with E-state index >= 15 is 0 Å². The summed E-state index contributed by atoms with van der Waals surface area (Å²) in [6.45, 7) is 8.07. The van der Waals surface area contributed by atoms with Crippen LogP contribution in [0.1, 0.15) is 46.0 Å². The van der Waals surface area contributed by atoms with Gasteiger partial charge in [-0.1, -0.05) is 13.8 Å². The maximum atomic E-state index is 5.57. The molecular formula is C16H32IN3O. The first-order valence-corrected chi connectivity index (χ1v) is 8.18. The van der Waals surface area contributed by atoms with E-state index in [0.29, 0.717) is 11.3 Å². The summed E-state index contributed by atoms with van der Waals surface area (Å²) >= 11 is 0. The molecule has 4 nitrogen and oxygen atoms in total. The maximum Gasteiger partial charge on any atom is 0.190 e. The van der Waals surface area contributed by atoms with Gasteiger partial charge >= 0.3 is 0 Å². The fraction of sp³-hybridized carbons (Fsp3) is 0.938. The van der Waals surface area contributed by atoms with Gasteiger partial charge in [0.2, 0.25) is 0 Å². The number of halogens is 1. The molecule has 5 heteroatoms. The minimum absolute atomic E-state index is 0. The zero-order valence-corrected chi connectivity index (χ0v) is 16.1. The van der Waals surface area contributed by atoms with E-state index in [4.69, 9.17) is 4.74 Å². The largest absolute Gasteiger partial charge is 0.381 e. The van der Waals surface area contributed by atoms with E-state index in [1.807, 2.05) is 7.05 Å². The average molecular weight is 409 g/mol. The average Bonchev–Trinajstić information content (AvgIpc) is 3.27. The molecule has 0 bridgehead atoms. The van der Waals surface area contributed by atoms with Gasteiger partial charge in [0, 0.05) is 33.4 Å². The number of ether oxygens (including phenoxy) is 1. The highest BCUT2D eigenvalue weighted by Crippen LogP contribution is 2.60. The molecule has 0 aromatic carbocycles. The summed E-state index contributed by atoms with van der Waals surface area (Å²) in [6.07, 6.45) is 6.73. The van der Waals surface area contributed by atoms with Gasteiger partial charge in [-0.25, -0.2) is 0 Å². The van der Waals surface area contributed by atoms with Crippen molar-refractivity contribution in [2.75, 3.05) is 33.4 Å². The van der Waals surface area contributed by atoms with Crippen LogP contribution in [0.25, 0.3) is 0 Å². The van der Waals surface area contributed by atoms with Crippen LogP contribution in [0.2, 0.25) is 0 Å². The lowest BCUT2D eigenvalue weighted by Crippen LogP contribution is -2.41. The number of rotatable bonds is 9. The van der Waals surface area contributed by atoms with Crippen LogP contribution in [0.4, 0.5) is 0 Å². The number of hydrogen-bond acceptors (Lipinski definition) is 2. The van der Waals surface area contributed by atoms with Gasteiger partial charge in [-0.15, -0.1) is 24.0 Å². The molecule has 0 unspecified atom stereocenters. The molecule has 21 heavy (non-hydrogen) atoms. The Hall–Kier alpha value is -0.0400. The second-order valence-corrected chi connectivity index (χ2v) is 6.81. The molecule has 2 aliphatic carbocycles. The Balaban J connectivity index is 0.00000220. The van der Waals surface area contributed by atoms with E-state index in [9.17, 15) is 0 Å². The van der Waals surface area contributed by atoms with Gasteiger partial charge in [0.05, 0.1) is 0 Å². The lowest BCUT2D eigenvalue weighted by Gasteiger charge is -2.18. The van der Waals surface area contributed by atoms with Gasteiger partial charge in [0.15, 0.2) is 5.96 Å². The molecule has 0 amide bonds. The summed E-state index contributed by atoms with van der Waals surface area (Å²) in [4.78, 5) is 4.30. The first-order valence-electron chi connectivity index (χ1n) is 8.18. The summed E-state index contributed by atoms with van der Waals surface area (Å²) in [5, 5.41) is 6.88. The SMILES string of the molecule is CN=C(NCCCOCC(C)C)NCC1(C2CC2)CC1.I. The zero-order chi connectivity index (χ0) is 14.4. The van der Waals surface area contributed by atoms with E-state index in [0.717, 1.165) is 44.6 Å². The molecular weight excluding hydrogens is 377 g/mol. The van der Waals surface area contributed by atoms with Gasteiger partial charge in [-0.05, 0) is 49.4 Å². The van der Waals surface area contributed by atoms with Crippen LogP contribution in [-0.2, 0) is 4.74 Å². The van der Waals surface area contributed by atoms with Crippen molar-refractivity contribution < 1.29 is 4.74 Å². The third-order valence-corrected chi connectivity index (χ3v) is 4.38. The quantitative estimate of drug-likeness (QED) is 0.266. The second-order valence-electron chi connectivity index (χ2n) is 6.81. The zero-order valence-electron chi connectivity index (χ0n) is 13.8. The summed E-state index contributed by atoms with van der Waals surface area (Å²) < 4.78 is 5.57. The summed E-state index contributed by atoms with van der Waals surface area (Å²) in [5.41, 5.74) is 0.623. The smallest absolute Gasteiger partial charge is 0.190 e. The molecule has 0 saturated heterocycles. The topological polar surface area (TPSA) is 45.7 Å². The van der Waals surface area contributed by atoms with Gasteiger partial charge in [-0.3, -0.25) is 4.99 Å². The molecule has 2 aliphatic rings. The van der Waals surface area contributed by atoms with Crippen molar-refractivity contribution >= 4 is 29.9 Å². The Kier molecular flexibility index (Phi) is 8.31. The van der Waals surface area contributed by atoms with Crippen molar-refractivity contribution in [3.05, 3.63) is 0 Å². The van der Waals surface area contributed by atoms with Gasteiger partial charge in [0.25, 0.3) is 0 Å². The van der Waals surface area contributed by atoms with Crippen LogP contribution in [0.5, 0.6) is 0 Å². The van der Waals surface area contributed by atoms with Crippen molar-refractivity contribution in [2.45, 2.75) is 46.0 Å². The standard InChI is InChI=1S/C16H31N3O.HI/c1-13(2)11-20-10-4-9-18-15(17-3)19-12-16(7-8-16)14-5-6-14;/h13-14H,4-12H2,1-3H3,(H2,17,18,19);1H. The van der Waals surface area contributed by atoms with Crippen molar-refractivity contribution in [2.24, 2.45) is 22.2 Å². The summed E-state index contributed by atoms with van der Waals surface area (Å²) in [7, 11) is 1.85. The van der Waals surface area contributed by atoms with Crippen LogP contribution < -0.4 is 10.6 Å². The Morgan fingerprint density at radius 2 is 2.00 bits per heavy atom. The van der Waals surface area contributed by atoms with Gasteiger partial charge in [-0.2, -0.15) is 0 Å². The number of nitrogens with zero attached hydrogens (tertiary/aromatic N) is 1. The van der Waals surface area contributed by atoms with Crippen LogP contribution in [-0.4, -0.2) is 39.3 Å². The highest BCUT2D eigenvalue weighted by molar-refractivity contribution is 14.0. The first-order chi connectivity index (χ1) is 9.66. The van der Waals surface area contributed by atoms with E-state index in [-0.39, 0.29) is 24.0 Å². The Morgan fingerprint density at radius 3 is 2.52 bits per heavy atom. The minimum atomic E-state index is 0. The number of hydrogen-bond donors (Lipinski definition) is 2. The molecule has 0 aromatic rings. The molecule has 2 rings (SSSR count). The van der Waals surface area contributed by atoms with Gasteiger partial charge in [0.1, 0.15) is 0 Å². The summed E-state index contributed by atoms with van der Waals surface area (Å²) in [6, 6.07) is 0. The maximum absolute atomic E-state index is 5.57. The number of aliphatic imine (C=N–C) groups is 1. The van der Waals surface area contributed by atoms with E-state index in [1.165, 1.54) is 25.7 Å². The normalized spacial score (nSPS) is 20.1. The Labute approximate surface area is 146 Å². The van der Waals surface area contributed by atoms with E-state index in [2.05, 4.69) is 29.5 Å². The van der Waals surface area contributed by atoms with Crippen LogP contribution in [0.3, 0.4) is 0 Å². The molecule has 2 saturated carbocycles. The van der Waals surface area contributed by atoms with Crippen LogP contribution in [0.15, 0.2) is 4.99 Å². The van der Waals surface area contributed by atoms with E-state index < -0.39 is 0 Å². The number of guanidine groups is 1. The first kappa shape index (κ1) is 19.0. The van der Waals surface area contributed by atoms with Crippen molar-refractivity contribution in [1.82, 2.24) is 10.6 Å². The molecule has 0 radical (unpaired) electrons. The Bertz CT molecular complexity index is 325. The third-order valence-electron chi connectivity index (χ3n) is 4.38. The predicted octanol–water partition coefficient (Wildman–Crippen LogP) is 3.02. The minimum Gasteiger partial charge on any atom is -0.381 e.